The molecule has 1 heterocycles. The summed E-state index contributed by atoms with van der Waals surface area (Å²) in [7, 11) is 0. The molecule has 2 rings (SSSR count). The van der Waals surface area contributed by atoms with Crippen molar-refractivity contribution in [2.24, 2.45) is 11.8 Å². The van der Waals surface area contributed by atoms with Crippen molar-refractivity contribution in [3.8, 4) is 0 Å². The van der Waals surface area contributed by atoms with E-state index in [0.29, 0.717) is 11.8 Å². The summed E-state index contributed by atoms with van der Waals surface area (Å²) in [5.41, 5.74) is 0.246. The minimum absolute atomic E-state index is 0.556. The van der Waals surface area contributed by atoms with E-state index in [1.54, 1.807) is 6.20 Å². The Labute approximate surface area is 111 Å². The van der Waals surface area contributed by atoms with Crippen LogP contribution in [-0.2, 0) is 12.1 Å². The van der Waals surface area contributed by atoms with Crippen molar-refractivity contribution >= 4 is 15.9 Å². The van der Waals surface area contributed by atoms with Gasteiger partial charge < -0.3 is 5.11 Å². The standard InChI is InChI=1S/C13H21BrN2O/c1-4-16-12(11(14)8-15-16)13(17)6-5-9(2)10(3)7-13/h8-10,17H,4-7H2,1-3H3. The topological polar surface area (TPSA) is 38.0 Å². The second kappa shape index (κ2) is 4.73. The zero-order valence-corrected chi connectivity index (χ0v) is 12.4. The van der Waals surface area contributed by atoms with Gasteiger partial charge in [-0.3, -0.25) is 4.68 Å². The highest BCUT2D eigenvalue weighted by molar-refractivity contribution is 9.10. The van der Waals surface area contributed by atoms with E-state index in [4.69, 9.17) is 0 Å². The van der Waals surface area contributed by atoms with Gasteiger partial charge in [0.15, 0.2) is 0 Å². The number of halogens is 1. The number of aromatic nitrogens is 2. The number of hydrogen-bond donors (Lipinski definition) is 1. The monoisotopic (exact) mass is 300 g/mol. The minimum atomic E-state index is -0.711. The van der Waals surface area contributed by atoms with Gasteiger partial charge in [-0.15, -0.1) is 0 Å². The molecule has 3 nitrogen and oxygen atoms in total. The molecule has 17 heavy (non-hydrogen) atoms. The summed E-state index contributed by atoms with van der Waals surface area (Å²) in [4.78, 5) is 0. The summed E-state index contributed by atoms with van der Waals surface area (Å²) >= 11 is 3.52. The Balaban J connectivity index is 2.34. The van der Waals surface area contributed by atoms with Crippen LogP contribution in [0.2, 0.25) is 0 Å². The maximum absolute atomic E-state index is 10.9. The number of aryl methyl sites for hydroxylation is 1. The Bertz CT molecular complexity index is 404. The lowest BCUT2D eigenvalue weighted by Gasteiger charge is -2.39. The second-order valence-electron chi connectivity index (χ2n) is 5.39. The number of rotatable bonds is 2. The highest BCUT2D eigenvalue weighted by Gasteiger charge is 2.40. The van der Waals surface area contributed by atoms with Crippen LogP contribution >= 0.6 is 15.9 Å². The molecule has 1 aromatic heterocycles. The quantitative estimate of drug-likeness (QED) is 0.910. The Kier molecular flexibility index (Phi) is 3.64. The van der Waals surface area contributed by atoms with Crippen molar-refractivity contribution in [1.29, 1.82) is 0 Å². The molecule has 4 heteroatoms. The van der Waals surface area contributed by atoms with E-state index in [0.717, 1.165) is 36.0 Å². The Hall–Kier alpha value is -0.350. The molecule has 1 aliphatic carbocycles. The molecule has 1 fully saturated rings. The van der Waals surface area contributed by atoms with Gasteiger partial charge in [-0.25, -0.2) is 0 Å². The first-order valence-corrected chi connectivity index (χ1v) is 7.21. The van der Waals surface area contributed by atoms with Gasteiger partial charge in [0.25, 0.3) is 0 Å². The van der Waals surface area contributed by atoms with Crippen LogP contribution < -0.4 is 0 Å². The lowest BCUT2D eigenvalue weighted by atomic mass is 9.72. The van der Waals surface area contributed by atoms with Crippen LogP contribution in [0.1, 0.15) is 45.7 Å². The van der Waals surface area contributed by atoms with E-state index in [1.165, 1.54) is 0 Å². The van der Waals surface area contributed by atoms with Crippen molar-refractivity contribution in [3.05, 3.63) is 16.4 Å². The highest BCUT2D eigenvalue weighted by atomic mass is 79.9. The van der Waals surface area contributed by atoms with Crippen LogP contribution in [0.25, 0.3) is 0 Å². The van der Waals surface area contributed by atoms with E-state index < -0.39 is 5.60 Å². The second-order valence-corrected chi connectivity index (χ2v) is 6.24. The van der Waals surface area contributed by atoms with Gasteiger partial charge in [0.2, 0.25) is 0 Å². The molecule has 0 amide bonds. The molecule has 0 aromatic carbocycles. The van der Waals surface area contributed by atoms with Crippen molar-refractivity contribution in [2.45, 2.75) is 52.2 Å². The zero-order chi connectivity index (χ0) is 12.6. The molecule has 1 aliphatic rings. The number of nitrogens with zero attached hydrogens (tertiary/aromatic N) is 2. The first-order valence-electron chi connectivity index (χ1n) is 6.42. The number of aliphatic hydroxyl groups is 1. The lowest BCUT2D eigenvalue weighted by Crippen LogP contribution is -2.37. The third kappa shape index (κ3) is 2.29. The Morgan fingerprint density at radius 2 is 2.24 bits per heavy atom. The average Bonchev–Trinajstić information content (AvgIpc) is 2.66. The SMILES string of the molecule is CCn1ncc(Br)c1C1(O)CCC(C)C(C)C1. The lowest BCUT2D eigenvalue weighted by molar-refractivity contribution is -0.0409. The smallest absolute Gasteiger partial charge is 0.108 e. The predicted octanol–water partition coefficient (Wildman–Crippen LogP) is 3.31. The molecule has 96 valence electrons. The molecule has 3 unspecified atom stereocenters. The Morgan fingerprint density at radius 3 is 2.82 bits per heavy atom. The summed E-state index contributed by atoms with van der Waals surface area (Å²) in [6.45, 7) is 7.36. The van der Waals surface area contributed by atoms with Crippen molar-refractivity contribution in [3.63, 3.8) is 0 Å². The normalized spacial score (nSPS) is 33.9. The van der Waals surface area contributed by atoms with E-state index >= 15 is 0 Å². The fourth-order valence-corrected chi connectivity index (χ4v) is 3.53. The largest absolute Gasteiger partial charge is 0.384 e. The van der Waals surface area contributed by atoms with Crippen LogP contribution in [0.5, 0.6) is 0 Å². The molecule has 0 saturated heterocycles. The molecule has 0 bridgehead atoms. The predicted molar refractivity (Wildman–Crippen MR) is 71.7 cm³/mol. The maximum Gasteiger partial charge on any atom is 0.108 e. The average molecular weight is 301 g/mol. The van der Waals surface area contributed by atoms with Gasteiger partial charge in [-0.05, 0) is 54.0 Å². The van der Waals surface area contributed by atoms with Crippen LogP contribution in [0.3, 0.4) is 0 Å². The third-order valence-electron chi connectivity index (χ3n) is 4.18. The van der Waals surface area contributed by atoms with Gasteiger partial charge in [0, 0.05) is 6.54 Å². The summed E-state index contributed by atoms with van der Waals surface area (Å²) in [5, 5.41) is 15.2. The third-order valence-corrected chi connectivity index (χ3v) is 4.76. The maximum atomic E-state index is 10.9. The van der Waals surface area contributed by atoms with Gasteiger partial charge in [0.05, 0.1) is 16.4 Å². The molecule has 0 spiro atoms. The van der Waals surface area contributed by atoms with E-state index in [1.807, 2.05) is 4.68 Å². The molecular formula is C13H21BrN2O. The molecule has 1 saturated carbocycles. The highest BCUT2D eigenvalue weighted by Crippen LogP contribution is 2.44. The van der Waals surface area contributed by atoms with E-state index in [2.05, 4.69) is 41.8 Å². The van der Waals surface area contributed by atoms with Crippen LogP contribution in [0.4, 0.5) is 0 Å². The minimum Gasteiger partial charge on any atom is -0.384 e. The van der Waals surface area contributed by atoms with Gasteiger partial charge in [-0.2, -0.15) is 5.10 Å². The van der Waals surface area contributed by atoms with Crippen LogP contribution in [0.15, 0.2) is 10.7 Å². The van der Waals surface area contributed by atoms with Crippen molar-refractivity contribution < 1.29 is 5.11 Å². The zero-order valence-electron chi connectivity index (χ0n) is 10.8. The number of hydrogen-bond acceptors (Lipinski definition) is 2. The van der Waals surface area contributed by atoms with Crippen LogP contribution in [0, 0.1) is 11.8 Å². The van der Waals surface area contributed by atoms with E-state index in [-0.39, 0.29) is 0 Å². The summed E-state index contributed by atoms with van der Waals surface area (Å²) < 4.78 is 2.84. The molecule has 0 aliphatic heterocycles. The van der Waals surface area contributed by atoms with Gasteiger partial charge in [0.1, 0.15) is 5.60 Å². The van der Waals surface area contributed by atoms with Gasteiger partial charge in [-0.1, -0.05) is 13.8 Å². The van der Waals surface area contributed by atoms with Crippen molar-refractivity contribution in [2.75, 3.05) is 0 Å². The summed E-state index contributed by atoms with van der Waals surface area (Å²) in [6, 6.07) is 0. The molecule has 1 N–H and O–H groups in total. The fourth-order valence-electron chi connectivity index (χ4n) is 2.87. The van der Waals surface area contributed by atoms with Crippen LogP contribution in [-0.4, -0.2) is 14.9 Å². The molecule has 3 atom stereocenters. The molecule has 1 aromatic rings. The first kappa shape index (κ1) is 13.1. The Morgan fingerprint density at radius 1 is 1.53 bits per heavy atom. The molecular weight excluding hydrogens is 280 g/mol. The fraction of sp³-hybridized carbons (Fsp3) is 0.769. The summed E-state index contributed by atoms with van der Waals surface area (Å²) in [6.07, 6.45) is 4.54. The molecule has 0 radical (unpaired) electrons. The van der Waals surface area contributed by atoms with Crippen molar-refractivity contribution in [1.82, 2.24) is 9.78 Å². The first-order chi connectivity index (χ1) is 7.98. The summed E-state index contributed by atoms with van der Waals surface area (Å²) in [5.74, 6) is 1.26. The van der Waals surface area contributed by atoms with E-state index in [9.17, 15) is 5.11 Å². The van der Waals surface area contributed by atoms with Gasteiger partial charge >= 0.3 is 0 Å².